The van der Waals surface area contributed by atoms with Crippen LogP contribution in [0.5, 0.6) is 5.75 Å². The van der Waals surface area contributed by atoms with Gasteiger partial charge in [-0.05, 0) is 24.6 Å². The van der Waals surface area contributed by atoms with Gasteiger partial charge in [0.05, 0.1) is 20.3 Å². The molecule has 0 bridgehead atoms. The number of thiazole rings is 1. The van der Waals surface area contributed by atoms with Gasteiger partial charge in [-0.15, -0.1) is 0 Å². The summed E-state index contributed by atoms with van der Waals surface area (Å²) >= 11 is 13.3. The summed E-state index contributed by atoms with van der Waals surface area (Å²) in [5.74, 6) is -1.40. The lowest BCUT2D eigenvalue weighted by Crippen LogP contribution is -2.18. The molecule has 0 spiro atoms. The fourth-order valence-electron chi connectivity index (χ4n) is 3.23. The number of hydrogen-bond donors (Lipinski definition) is 4. The predicted octanol–water partition coefficient (Wildman–Crippen LogP) is 5.27. The molecule has 0 radical (unpaired) electrons. The number of aryl methyl sites for hydroxylation is 1. The Labute approximate surface area is 202 Å². The van der Waals surface area contributed by atoms with E-state index in [2.05, 4.69) is 15.3 Å². The third-order valence-corrected chi connectivity index (χ3v) is 6.73. The molecule has 0 saturated heterocycles. The fraction of sp³-hybridized carbons (Fsp3) is 0.136. The Kier molecular flexibility index (Phi) is 6.57. The van der Waals surface area contributed by atoms with E-state index in [4.69, 9.17) is 33.7 Å². The van der Waals surface area contributed by atoms with Crippen molar-refractivity contribution < 1.29 is 19.4 Å². The molecule has 2 aromatic heterocycles. The Morgan fingerprint density at radius 1 is 1.24 bits per heavy atom. The average molecular weight is 505 g/mol. The maximum atomic E-state index is 12.7. The van der Waals surface area contributed by atoms with E-state index in [-0.39, 0.29) is 38.7 Å². The number of nitrogens with zero attached hydrogens (tertiary/aromatic N) is 1. The summed E-state index contributed by atoms with van der Waals surface area (Å²) in [7, 11) is 0. The first-order chi connectivity index (χ1) is 15.8. The van der Waals surface area contributed by atoms with Crippen LogP contribution in [0, 0.1) is 6.92 Å². The Bertz CT molecular complexity index is 1350. The number of carboxylic acid groups (broad SMARTS) is 1. The van der Waals surface area contributed by atoms with Crippen LogP contribution in [0.3, 0.4) is 0 Å². The molecule has 0 saturated carbocycles. The number of fused-ring (bicyclic) bond motifs is 1. The number of aromatic nitrogens is 2. The van der Waals surface area contributed by atoms with E-state index in [0.717, 1.165) is 16.9 Å². The zero-order chi connectivity index (χ0) is 23.7. The van der Waals surface area contributed by atoms with Crippen LogP contribution in [0.1, 0.15) is 38.2 Å². The van der Waals surface area contributed by atoms with Crippen LogP contribution >= 0.6 is 34.5 Å². The first-order valence-corrected chi connectivity index (χ1v) is 11.3. The summed E-state index contributed by atoms with van der Waals surface area (Å²) in [5.41, 5.74) is 7.85. The van der Waals surface area contributed by atoms with Crippen molar-refractivity contribution >= 4 is 61.8 Å². The van der Waals surface area contributed by atoms with Crippen molar-refractivity contribution in [2.24, 2.45) is 5.73 Å². The topological polar surface area (TPSA) is 130 Å². The van der Waals surface area contributed by atoms with E-state index in [1.54, 1.807) is 6.92 Å². The lowest BCUT2D eigenvalue weighted by atomic mass is 10.1. The van der Waals surface area contributed by atoms with Gasteiger partial charge in [-0.2, -0.15) is 0 Å². The summed E-state index contributed by atoms with van der Waals surface area (Å²) in [5, 5.41) is 12.8. The Morgan fingerprint density at radius 3 is 2.58 bits per heavy atom. The number of carbonyl (C=O) groups is 2. The molecule has 0 aliphatic heterocycles. The molecule has 1 atom stereocenters. The van der Waals surface area contributed by atoms with Crippen LogP contribution in [0.25, 0.3) is 10.2 Å². The van der Waals surface area contributed by atoms with E-state index in [1.807, 2.05) is 30.3 Å². The fourth-order valence-corrected chi connectivity index (χ4v) is 4.56. The summed E-state index contributed by atoms with van der Waals surface area (Å²) in [6, 6.07) is 12.2. The molecule has 11 heteroatoms. The Balaban J connectivity index is 1.70. The highest BCUT2D eigenvalue weighted by atomic mass is 35.5. The highest BCUT2D eigenvalue weighted by Crippen LogP contribution is 2.37. The minimum Gasteiger partial charge on any atom is -0.482 e. The average Bonchev–Trinajstić information content (AvgIpc) is 3.33. The molecule has 1 amide bonds. The molecular weight excluding hydrogens is 487 g/mol. The molecule has 2 aromatic carbocycles. The summed E-state index contributed by atoms with van der Waals surface area (Å²) in [6.45, 7) is 1.86. The largest absolute Gasteiger partial charge is 0.482 e. The van der Waals surface area contributed by atoms with Crippen LogP contribution in [0.15, 0.2) is 42.5 Å². The number of benzene rings is 2. The van der Waals surface area contributed by atoms with Gasteiger partial charge in [-0.3, -0.25) is 10.1 Å². The van der Waals surface area contributed by atoms with Crippen molar-refractivity contribution in [1.82, 2.24) is 9.97 Å². The maximum absolute atomic E-state index is 12.7. The number of ether oxygens (including phenoxy) is 1. The van der Waals surface area contributed by atoms with Gasteiger partial charge in [0.25, 0.3) is 5.91 Å². The molecule has 5 N–H and O–H groups in total. The van der Waals surface area contributed by atoms with Crippen LogP contribution < -0.4 is 15.8 Å². The quantitative estimate of drug-likeness (QED) is 0.271. The number of H-pyrrole nitrogens is 1. The van der Waals surface area contributed by atoms with Crippen molar-refractivity contribution in [1.29, 1.82) is 0 Å². The third kappa shape index (κ3) is 4.67. The number of halogens is 2. The molecule has 0 fully saturated rings. The van der Waals surface area contributed by atoms with Crippen LogP contribution in [0.2, 0.25) is 10.0 Å². The van der Waals surface area contributed by atoms with Crippen molar-refractivity contribution in [3.63, 3.8) is 0 Å². The van der Waals surface area contributed by atoms with Crippen molar-refractivity contribution in [2.45, 2.75) is 13.0 Å². The summed E-state index contributed by atoms with van der Waals surface area (Å²) in [4.78, 5) is 31.6. The van der Waals surface area contributed by atoms with E-state index in [9.17, 15) is 14.7 Å². The standard InChI is InChI=1S/C22H18Cl2N4O4S/c1-10-16(23)17(24)19(26-10)20(29)28-22-27-18-13(7-12(21(30)31)8-15(18)33-22)32-14(9-25)11-5-3-2-4-6-11/h2-8,14,26H,9,25H2,1H3,(H,30,31)(H,27,28,29). The molecule has 2 heterocycles. The highest BCUT2D eigenvalue weighted by Gasteiger charge is 2.22. The van der Waals surface area contributed by atoms with Gasteiger partial charge in [0.1, 0.15) is 23.1 Å². The minimum absolute atomic E-state index is 0.0256. The molecular formula is C22H18Cl2N4O4S. The van der Waals surface area contributed by atoms with E-state index in [1.165, 1.54) is 12.1 Å². The van der Waals surface area contributed by atoms with Crippen molar-refractivity contribution in [3.05, 3.63) is 75.0 Å². The lowest BCUT2D eigenvalue weighted by Gasteiger charge is -2.18. The van der Waals surface area contributed by atoms with Crippen molar-refractivity contribution in [2.75, 3.05) is 11.9 Å². The van der Waals surface area contributed by atoms with E-state index >= 15 is 0 Å². The summed E-state index contributed by atoms with van der Waals surface area (Å²) < 4.78 is 6.62. The van der Waals surface area contributed by atoms with Crippen molar-refractivity contribution in [3.8, 4) is 5.75 Å². The zero-order valence-corrected chi connectivity index (χ0v) is 19.5. The van der Waals surface area contributed by atoms with Crippen LogP contribution in [0.4, 0.5) is 5.13 Å². The number of hydrogen-bond acceptors (Lipinski definition) is 6. The molecule has 170 valence electrons. The molecule has 8 nitrogen and oxygen atoms in total. The smallest absolute Gasteiger partial charge is 0.335 e. The van der Waals surface area contributed by atoms with Gasteiger partial charge in [0.15, 0.2) is 5.13 Å². The number of rotatable bonds is 7. The molecule has 0 aliphatic rings. The van der Waals surface area contributed by atoms with Gasteiger partial charge in [-0.25, -0.2) is 9.78 Å². The third-order valence-electron chi connectivity index (χ3n) is 4.86. The molecule has 0 aliphatic carbocycles. The number of nitrogens with two attached hydrogens (primary N) is 1. The second kappa shape index (κ2) is 9.40. The van der Waals surface area contributed by atoms with Gasteiger partial charge in [0.2, 0.25) is 0 Å². The SMILES string of the molecule is Cc1[nH]c(C(=O)Nc2nc3c(OC(CN)c4ccccc4)cc(C(=O)O)cc3s2)c(Cl)c1Cl. The second-order valence-electron chi connectivity index (χ2n) is 7.11. The minimum atomic E-state index is -1.12. The van der Waals surface area contributed by atoms with E-state index < -0.39 is 18.0 Å². The van der Waals surface area contributed by atoms with Crippen LogP contribution in [-0.2, 0) is 0 Å². The number of anilines is 1. The lowest BCUT2D eigenvalue weighted by molar-refractivity contribution is 0.0696. The highest BCUT2D eigenvalue weighted by molar-refractivity contribution is 7.22. The van der Waals surface area contributed by atoms with Gasteiger partial charge in [-0.1, -0.05) is 64.9 Å². The Hall–Kier alpha value is -3.11. The first-order valence-electron chi connectivity index (χ1n) is 9.73. The number of aromatic carboxylic acids is 1. The second-order valence-corrected chi connectivity index (χ2v) is 8.89. The van der Waals surface area contributed by atoms with Gasteiger partial charge in [0, 0.05) is 12.2 Å². The molecule has 4 rings (SSSR count). The first kappa shape index (κ1) is 23.1. The normalized spacial score (nSPS) is 12.0. The number of carboxylic acids is 1. The van der Waals surface area contributed by atoms with Gasteiger partial charge < -0.3 is 20.6 Å². The van der Waals surface area contributed by atoms with Gasteiger partial charge >= 0.3 is 5.97 Å². The number of nitrogens with one attached hydrogen (secondary N) is 2. The molecule has 4 aromatic rings. The molecule has 1 unspecified atom stereocenters. The van der Waals surface area contributed by atoms with E-state index in [0.29, 0.717) is 15.9 Å². The number of amides is 1. The number of carbonyl (C=O) groups excluding carboxylic acids is 1. The maximum Gasteiger partial charge on any atom is 0.335 e. The predicted molar refractivity (Wildman–Crippen MR) is 129 cm³/mol. The summed E-state index contributed by atoms with van der Waals surface area (Å²) in [6.07, 6.45) is -0.513. The zero-order valence-electron chi connectivity index (χ0n) is 17.2. The Morgan fingerprint density at radius 2 is 1.97 bits per heavy atom. The molecule has 33 heavy (non-hydrogen) atoms. The number of aromatic amines is 1. The monoisotopic (exact) mass is 504 g/mol. The van der Waals surface area contributed by atoms with Crippen LogP contribution in [-0.4, -0.2) is 33.5 Å².